The SMILES string of the molecule is CC(=O)Nc1ccc(C(=O)NNC(=S)NC(=O)Cc2ccccc2)cc1. The van der Waals surface area contributed by atoms with Gasteiger partial charge in [0.25, 0.3) is 5.91 Å². The van der Waals surface area contributed by atoms with Crippen LogP contribution in [0.25, 0.3) is 0 Å². The van der Waals surface area contributed by atoms with Gasteiger partial charge in [0, 0.05) is 18.2 Å². The first-order valence-electron chi connectivity index (χ1n) is 7.76. The summed E-state index contributed by atoms with van der Waals surface area (Å²) in [7, 11) is 0. The Hall–Kier alpha value is -3.26. The number of benzene rings is 2. The van der Waals surface area contributed by atoms with E-state index in [2.05, 4.69) is 21.5 Å². The highest BCUT2D eigenvalue weighted by molar-refractivity contribution is 7.80. The first-order chi connectivity index (χ1) is 12.4. The number of carbonyl (C=O) groups is 3. The summed E-state index contributed by atoms with van der Waals surface area (Å²) in [5.41, 5.74) is 6.68. The average molecular weight is 370 g/mol. The van der Waals surface area contributed by atoms with Crippen molar-refractivity contribution in [2.24, 2.45) is 0 Å². The molecule has 0 aliphatic carbocycles. The van der Waals surface area contributed by atoms with Crippen molar-refractivity contribution in [3.63, 3.8) is 0 Å². The lowest BCUT2D eigenvalue weighted by molar-refractivity contribution is -0.119. The number of anilines is 1. The molecule has 26 heavy (non-hydrogen) atoms. The monoisotopic (exact) mass is 370 g/mol. The third kappa shape index (κ3) is 6.33. The fourth-order valence-corrected chi connectivity index (χ4v) is 2.24. The number of amides is 3. The maximum Gasteiger partial charge on any atom is 0.269 e. The van der Waals surface area contributed by atoms with Crippen molar-refractivity contribution < 1.29 is 14.4 Å². The van der Waals surface area contributed by atoms with Crippen molar-refractivity contribution in [3.8, 4) is 0 Å². The van der Waals surface area contributed by atoms with Gasteiger partial charge < -0.3 is 10.6 Å². The summed E-state index contributed by atoms with van der Waals surface area (Å²) in [6, 6.07) is 15.6. The average Bonchev–Trinajstić information content (AvgIpc) is 2.60. The Bertz CT molecular complexity index is 807. The van der Waals surface area contributed by atoms with E-state index in [0.717, 1.165) is 5.56 Å². The summed E-state index contributed by atoms with van der Waals surface area (Å²) in [5, 5.41) is 5.09. The van der Waals surface area contributed by atoms with E-state index in [1.165, 1.54) is 6.92 Å². The zero-order chi connectivity index (χ0) is 18.9. The third-order valence-corrected chi connectivity index (χ3v) is 3.42. The molecule has 0 saturated carbocycles. The Morgan fingerprint density at radius 2 is 1.58 bits per heavy atom. The summed E-state index contributed by atoms with van der Waals surface area (Å²) in [6.07, 6.45) is 0.182. The molecule has 2 rings (SSSR count). The van der Waals surface area contributed by atoms with Gasteiger partial charge in [-0.05, 0) is 42.0 Å². The topological polar surface area (TPSA) is 99.3 Å². The maximum absolute atomic E-state index is 12.0. The summed E-state index contributed by atoms with van der Waals surface area (Å²) in [6.45, 7) is 1.40. The van der Waals surface area contributed by atoms with Gasteiger partial charge in [0.2, 0.25) is 11.8 Å². The molecule has 3 amide bonds. The van der Waals surface area contributed by atoms with E-state index in [1.54, 1.807) is 24.3 Å². The van der Waals surface area contributed by atoms with Crippen molar-refractivity contribution in [2.75, 3.05) is 5.32 Å². The predicted octanol–water partition coefficient (Wildman–Crippen LogP) is 1.52. The molecule has 0 unspecified atom stereocenters. The molecule has 4 N–H and O–H groups in total. The Morgan fingerprint density at radius 1 is 0.923 bits per heavy atom. The molecule has 2 aromatic rings. The lowest BCUT2D eigenvalue weighted by Crippen LogP contribution is -2.48. The second kappa shape index (κ2) is 9.28. The Labute approximate surface area is 156 Å². The third-order valence-electron chi connectivity index (χ3n) is 3.22. The molecule has 0 saturated heterocycles. The number of thiocarbonyl (C=S) groups is 1. The number of hydrazine groups is 1. The number of rotatable bonds is 4. The van der Waals surface area contributed by atoms with Gasteiger partial charge in [-0.15, -0.1) is 0 Å². The molecule has 134 valence electrons. The van der Waals surface area contributed by atoms with Crippen LogP contribution in [0.2, 0.25) is 0 Å². The van der Waals surface area contributed by atoms with Gasteiger partial charge in [-0.3, -0.25) is 25.2 Å². The van der Waals surface area contributed by atoms with E-state index in [4.69, 9.17) is 12.2 Å². The zero-order valence-corrected chi connectivity index (χ0v) is 14.9. The largest absolute Gasteiger partial charge is 0.326 e. The molecule has 2 aromatic carbocycles. The van der Waals surface area contributed by atoms with Gasteiger partial charge in [0.1, 0.15) is 0 Å². The van der Waals surface area contributed by atoms with Crippen LogP contribution in [0.15, 0.2) is 54.6 Å². The molecule has 0 bridgehead atoms. The molecule has 0 aliphatic rings. The summed E-state index contributed by atoms with van der Waals surface area (Å²) in [5.74, 6) is -0.915. The van der Waals surface area contributed by atoms with Crippen LogP contribution >= 0.6 is 12.2 Å². The van der Waals surface area contributed by atoms with Crippen molar-refractivity contribution in [1.29, 1.82) is 0 Å². The Balaban J connectivity index is 1.78. The molecule has 0 heterocycles. The van der Waals surface area contributed by atoms with Crippen LogP contribution < -0.4 is 21.5 Å². The summed E-state index contributed by atoms with van der Waals surface area (Å²) >= 11 is 4.98. The molecule has 0 aliphatic heterocycles. The second-order valence-electron chi connectivity index (χ2n) is 5.38. The molecular weight excluding hydrogens is 352 g/mol. The first kappa shape index (κ1) is 19.1. The van der Waals surface area contributed by atoms with Crippen molar-refractivity contribution >= 4 is 40.7 Å². The van der Waals surface area contributed by atoms with E-state index in [1.807, 2.05) is 30.3 Å². The van der Waals surface area contributed by atoms with Gasteiger partial charge >= 0.3 is 0 Å². The fourth-order valence-electron chi connectivity index (χ4n) is 2.08. The first-order valence-corrected chi connectivity index (χ1v) is 8.16. The maximum atomic E-state index is 12.0. The lowest BCUT2D eigenvalue weighted by atomic mass is 10.1. The molecular formula is C18H18N4O3S. The van der Waals surface area contributed by atoms with Crippen LogP contribution in [0.5, 0.6) is 0 Å². The fraction of sp³-hybridized carbons (Fsp3) is 0.111. The highest BCUT2D eigenvalue weighted by atomic mass is 32.1. The van der Waals surface area contributed by atoms with Gasteiger partial charge in [0.05, 0.1) is 6.42 Å². The zero-order valence-electron chi connectivity index (χ0n) is 14.0. The number of carbonyl (C=O) groups excluding carboxylic acids is 3. The molecule has 0 fully saturated rings. The van der Waals surface area contributed by atoms with E-state index in [9.17, 15) is 14.4 Å². The van der Waals surface area contributed by atoms with Gasteiger partial charge in [-0.25, -0.2) is 0 Å². The van der Waals surface area contributed by atoms with E-state index in [0.29, 0.717) is 11.3 Å². The standard InChI is InChI=1S/C18H18N4O3S/c1-12(23)19-15-9-7-14(8-10-15)17(25)21-22-18(26)20-16(24)11-13-5-3-2-4-6-13/h2-10H,11H2,1H3,(H,19,23)(H,21,25)(H2,20,22,24,26). The van der Waals surface area contributed by atoms with Crippen molar-refractivity contribution in [3.05, 3.63) is 65.7 Å². The van der Waals surface area contributed by atoms with Crippen LogP contribution in [0.1, 0.15) is 22.8 Å². The number of hydrogen-bond donors (Lipinski definition) is 4. The van der Waals surface area contributed by atoms with Crippen molar-refractivity contribution in [2.45, 2.75) is 13.3 Å². The minimum absolute atomic E-state index is 0.00542. The summed E-state index contributed by atoms with van der Waals surface area (Å²) < 4.78 is 0. The quantitative estimate of drug-likeness (QED) is 0.483. The Morgan fingerprint density at radius 3 is 2.19 bits per heavy atom. The van der Waals surface area contributed by atoms with Crippen LogP contribution in [-0.4, -0.2) is 22.8 Å². The van der Waals surface area contributed by atoms with Crippen LogP contribution in [0, 0.1) is 0 Å². The molecule has 7 nitrogen and oxygen atoms in total. The molecule has 0 radical (unpaired) electrons. The molecule has 0 aromatic heterocycles. The van der Waals surface area contributed by atoms with Gasteiger partial charge in [-0.2, -0.15) is 0 Å². The highest BCUT2D eigenvalue weighted by Crippen LogP contribution is 2.09. The lowest BCUT2D eigenvalue weighted by Gasteiger charge is -2.11. The predicted molar refractivity (Wildman–Crippen MR) is 102 cm³/mol. The Kier molecular flexibility index (Phi) is 6.81. The number of nitrogens with one attached hydrogen (secondary N) is 4. The van der Waals surface area contributed by atoms with Gasteiger partial charge in [0.15, 0.2) is 5.11 Å². The van der Waals surface area contributed by atoms with Crippen LogP contribution in [0.3, 0.4) is 0 Å². The molecule has 0 atom stereocenters. The van der Waals surface area contributed by atoms with Crippen LogP contribution in [0.4, 0.5) is 5.69 Å². The van der Waals surface area contributed by atoms with Gasteiger partial charge in [-0.1, -0.05) is 30.3 Å². The highest BCUT2D eigenvalue weighted by Gasteiger charge is 2.08. The van der Waals surface area contributed by atoms with E-state index in [-0.39, 0.29) is 23.3 Å². The number of hydrogen-bond acceptors (Lipinski definition) is 4. The minimum atomic E-state index is -0.431. The summed E-state index contributed by atoms with van der Waals surface area (Å²) in [4.78, 5) is 34.9. The molecule has 8 heteroatoms. The van der Waals surface area contributed by atoms with Crippen molar-refractivity contribution in [1.82, 2.24) is 16.2 Å². The van der Waals surface area contributed by atoms with E-state index < -0.39 is 5.91 Å². The molecule has 0 spiro atoms. The minimum Gasteiger partial charge on any atom is -0.326 e. The van der Waals surface area contributed by atoms with E-state index >= 15 is 0 Å². The van der Waals surface area contributed by atoms with Crippen LogP contribution in [-0.2, 0) is 16.0 Å². The smallest absolute Gasteiger partial charge is 0.269 e. The normalized spacial score (nSPS) is 9.73. The second-order valence-corrected chi connectivity index (χ2v) is 5.79.